The van der Waals surface area contributed by atoms with E-state index >= 15 is 0 Å². The van der Waals surface area contributed by atoms with Crippen LogP contribution in [0, 0.1) is 23.2 Å². The molecule has 18 heavy (non-hydrogen) atoms. The van der Waals surface area contributed by atoms with Crippen LogP contribution in [0.3, 0.4) is 0 Å². The lowest BCUT2D eigenvalue weighted by Gasteiger charge is -2.69. The van der Waals surface area contributed by atoms with Crippen molar-refractivity contribution in [1.82, 2.24) is 4.90 Å². The van der Waals surface area contributed by atoms with E-state index in [4.69, 9.17) is 0 Å². The van der Waals surface area contributed by atoms with Crippen molar-refractivity contribution < 1.29 is 0 Å². The predicted molar refractivity (Wildman–Crippen MR) is 75.5 cm³/mol. The molecule has 5 aliphatic rings. The second-order valence-corrected chi connectivity index (χ2v) is 8.35. The Morgan fingerprint density at radius 3 is 2.06 bits per heavy atom. The molecule has 102 valence electrons. The molecule has 5 fully saturated rings. The third-order valence-corrected chi connectivity index (χ3v) is 7.34. The van der Waals surface area contributed by atoms with Crippen molar-refractivity contribution in [1.29, 1.82) is 0 Å². The largest absolute Gasteiger partial charge is 0.297 e. The normalized spacial score (nSPS) is 50.7. The number of hydrogen-bond donors (Lipinski definition) is 0. The fourth-order valence-corrected chi connectivity index (χ4v) is 6.42. The van der Waals surface area contributed by atoms with Crippen LogP contribution in [0.25, 0.3) is 0 Å². The number of piperidine rings is 1. The lowest BCUT2D eigenvalue weighted by Crippen LogP contribution is -2.69. The molecule has 0 aromatic rings. The Bertz CT molecular complexity index is 326. The highest BCUT2D eigenvalue weighted by Crippen LogP contribution is 2.66. The molecule has 1 heteroatoms. The van der Waals surface area contributed by atoms with Gasteiger partial charge in [-0.3, -0.25) is 4.90 Å². The van der Waals surface area contributed by atoms with Gasteiger partial charge in [-0.15, -0.1) is 0 Å². The van der Waals surface area contributed by atoms with Crippen LogP contribution in [0.15, 0.2) is 0 Å². The molecule has 2 unspecified atom stereocenters. The zero-order valence-corrected chi connectivity index (χ0v) is 12.3. The lowest BCUT2D eigenvalue weighted by molar-refractivity contribution is -0.182. The summed E-state index contributed by atoms with van der Waals surface area (Å²) in [6.45, 7) is 8.03. The fourth-order valence-electron chi connectivity index (χ4n) is 6.42. The van der Waals surface area contributed by atoms with E-state index in [0.29, 0.717) is 11.0 Å². The van der Waals surface area contributed by atoms with Crippen LogP contribution >= 0.6 is 0 Å². The second-order valence-electron chi connectivity index (χ2n) is 8.35. The van der Waals surface area contributed by atoms with Gasteiger partial charge in [0.25, 0.3) is 0 Å². The van der Waals surface area contributed by atoms with Crippen molar-refractivity contribution in [2.24, 2.45) is 23.2 Å². The van der Waals surface area contributed by atoms with Crippen molar-refractivity contribution in [3.05, 3.63) is 0 Å². The number of rotatable bonds is 1. The maximum Gasteiger partial charge on any atom is 0.0268 e. The minimum atomic E-state index is 0.581. The van der Waals surface area contributed by atoms with Crippen LogP contribution in [-0.4, -0.2) is 23.5 Å². The van der Waals surface area contributed by atoms with Gasteiger partial charge in [0.1, 0.15) is 0 Å². The molecule has 0 amide bonds. The van der Waals surface area contributed by atoms with Crippen LogP contribution in [-0.2, 0) is 0 Å². The zero-order chi connectivity index (χ0) is 12.4. The van der Waals surface area contributed by atoms with Crippen molar-refractivity contribution in [3.63, 3.8) is 0 Å². The monoisotopic (exact) mass is 247 g/mol. The molecular formula is C17H29N. The first-order valence-electron chi connectivity index (χ1n) is 8.37. The SMILES string of the molecule is CC1(C)C2C[C@@H]3C[C@H](C2)CC1(N1CCCCC1)C3. The summed E-state index contributed by atoms with van der Waals surface area (Å²) >= 11 is 0. The Kier molecular flexibility index (Phi) is 2.45. The molecule has 1 heterocycles. The average molecular weight is 247 g/mol. The third-order valence-electron chi connectivity index (χ3n) is 7.34. The first kappa shape index (κ1) is 11.8. The fraction of sp³-hybridized carbons (Fsp3) is 1.00. The van der Waals surface area contributed by atoms with Gasteiger partial charge in [0.05, 0.1) is 0 Å². The highest BCUT2D eigenvalue weighted by Gasteiger charge is 2.63. The van der Waals surface area contributed by atoms with Crippen LogP contribution < -0.4 is 0 Å². The summed E-state index contributed by atoms with van der Waals surface area (Å²) in [7, 11) is 0. The molecule has 4 atom stereocenters. The standard InChI is InChI=1S/C17H29N/c1-16(2)15-9-13-8-14(10-15)12-17(16,11-13)18-6-4-3-5-7-18/h13-15H,3-12H2,1-2H3/t13-,14+,15?,17?. The Balaban J connectivity index is 1.72. The van der Waals surface area contributed by atoms with Crippen molar-refractivity contribution in [2.75, 3.05) is 13.1 Å². The molecule has 0 spiro atoms. The average Bonchev–Trinajstić information content (AvgIpc) is 2.36. The van der Waals surface area contributed by atoms with Gasteiger partial charge in [-0.25, -0.2) is 0 Å². The Morgan fingerprint density at radius 1 is 0.833 bits per heavy atom. The number of likely N-dealkylation sites (tertiary alicyclic amines) is 1. The molecule has 1 nitrogen and oxygen atoms in total. The Hall–Kier alpha value is -0.0400. The second kappa shape index (κ2) is 3.75. The number of hydrogen-bond acceptors (Lipinski definition) is 1. The molecule has 4 saturated carbocycles. The lowest BCUT2D eigenvalue weighted by atomic mass is 9.42. The van der Waals surface area contributed by atoms with Gasteiger partial charge in [-0.2, -0.15) is 0 Å². The van der Waals surface area contributed by atoms with E-state index in [1.807, 2.05) is 0 Å². The summed E-state index contributed by atoms with van der Waals surface area (Å²) in [5, 5.41) is 0. The molecule has 0 aromatic carbocycles. The summed E-state index contributed by atoms with van der Waals surface area (Å²) in [6.07, 6.45) is 12.1. The minimum absolute atomic E-state index is 0.581. The maximum absolute atomic E-state index is 2.96. The van der Waals surface area contributed by atoms with E-state index in [2.05, 4.69) is 18.7 Å². The Morgan fingerprint density at radius 2 is 1.44 bits per heavy atom. The highest BCUT2D eigenvalue weighted by atomic mass is 15.2. The van der Waals surface area contributed by atoms with E-state index in [1.54, 1.807) is 19.3 Å². The van der Waals surface area contributed by atoms with Crippen LogP contribution in [0.4, 0.5) is 0 Å². The maximum atomic E-state index is 2.96. The zero-order valence-electron chi connectivity index (χ0n) is 12.3. The van der Waals surface area contributed by atoms with E-state index in [0.717, 1.165) is 17.8 Å². The van der Waals surface area contributed by atoms with Crippen LogP contribution in [0.2, 0.25) is 0 Å². The quantitative estimate of drug-likeness (QED) is 0.675. The molecule has 1 aliphatic heterocycles. The molecule has 0 radical (unpaired) electrons. The van der Waals surface area contributed by atoms with Crippen molar-refractivity contribution in [3.8, 4) is 0 Å². The van der Waals surface area contributed by atoms with Crippen molar-refractivity contribution in [2.45, 2.75) is 70.8 Å². The number of nitrogens with zero attached hydrogens (tertiary/aromatic N) is 1. The minimum Gasteiger partial charge on any atom is -0.297 e. The molecule has 4 aliphatic carbocycles. The van der Waals surface area contributed by atoms with E-state index < -0.39 is 0 Å². The van der Waals surface area contributed by atoms with Gasteiger partial charge in [0.2, 0.25) is 0 Å². The highest BCUT2D eigenvalue weighted by molar-refractivity contribution is 5.16. The predicted octanol–water partition coefficient (Wildman–Crippen LogP) is 4.08. The summed E-state index contributed by atoms with van der Waals surface area (Å²) in [6, 6.07) is 0. The molecule has 4 bridgehead atoms. The van der Waals surface area contributed by atoms with Gasteiger partial charge in [0, 0.05) is 5.54 Å². The molecule has 1 saturated heterocycles. The van der Waals surface area contributed by atoms with Gasteiger partial charge in [-0.1, -0.05) is 20.3 Å². The Labute approximate surface area is 112 Å². The van der Waals surface area contributed by atoms with E-state index in [1.165, 1.54) is 45.2 Å². The molecular weight excluding hydrogens is 218 g/mol. The molecule has 0 aromatic heterocycles. The van der Waals surface area contributed by atoms with Gasteiger partial charge in [0.15, 0.2) is 0 Å². The van der Waals surface area contributed by atoms with Gasteiger partial charge in [-0.05, 0) is 81.2 Å². The molecule has 0 N–H and O–H groups in total. The van der Waals surface area contributed by atoms with Crippen LogP contribution in [0.1, 0.15) is 65.2 Å². The summed E-state index contributed by atoms with van der Waals surface area (Å²) in [4.78, 5) is 2.96. The first-order valence-corrected chi connectivity index (χ1v) is 8.37. The van der Waals surface area contributed by atoms with E-state index in [9.17, 15) is 0 Å². The summed E-state index contributed by atoms with van der Waals surface area (Å²) < 4.78 is 0. The third kappa shape index (κ3) is 1.38. The summed E-state index contributed by atoms with van der Waals surface area (Å²) in [5.74, 6) is 3.19. The van der Waals surface area contributed by atoms with Crippen LogP contribution in [0.5, 0.6) is 0 Å². The van der Waals surface area contributed by atoms with Gasteiger partial charge < -0.3 is 0 Å². The molecule has 5 rings (SSSR count). The first-order chi connectivity index (χ1) is 8.62. The summed E-state index contributed by atoms with van der Waals surface area (Å²) in [5.41, 5.74) is 1.18. The topological polar surface area (TPSA) is 3.24 Å². The smallest absolute Gasteiger partial charge is 0.0268 e. The van der Waals surface area contributed by atoms with Gasteiger partial charge >= 0.3 is 0 Å². The van der Waals surface area contributed by atoms with Crippen molar-refractivity contribution >= 4 is 0 Å². The van der Waals surface area contributed by atoms with E-state index in [-0.39, 0.29) is 0 Å².